The molecule has 2 fully saturated rings. The number of ether oxygens (including phenoxy) is 1. The number of carbonyl (C=O) groups is 3. The van der Waals surface area contributed by atoms with Crippen molar-refractivity contribution in [1.82, 2.24) is 21.3 Å². The molecular weight excluding hydrogens is 408 g/mol. The van der Waals surface area contributed by atoms with Gasteiger partial charge >= 0.3 is 12.1 Å². The first kappa shape index (κ1) is 20.4. The summed E-state index contributed by atoms with van der Waals surface area (Å²) in [5.74, 6) is 0.454. The fourth-order valence-electron chi connectivity index (χ4n) is 4.75. The van der Waals surface area contributed by atoms with Crippen molar-refractivity contribution in [1.29, 1.82) is 0 Å². The molecule has 1 saturated heterocycles. The third kappa shape index (κ3) is 3.55. The van der Waals surface area contributed by atoms with Crippen molar-refractivity contribution in [3.8, 4) is 5.75 Å². The maximum absolute atomic E-state index is 12.7. The summed E-state index contributed by atoms with van der Waals surface area (Å²) in [6, 6.07) is 14.3. The van der Waals surface area contributed by atoms with Crippen LogP contribution in [-0.2, 0) is 16.9 Å². The Morgan fingerprint density at radius 2 is 1.97 bits per heavy atom. The lowest BCUT2D eigenvalue weighted by Gasteiger charge is -2.48. The molecule has 32 heavy (non-hydrogen) atoms. The van der Waals surface area contributed by atoms with Crippen LogP contribution in [-0.4, -0.2) is 23.6 Å². The lowest BCUT2D eigenvalue weighted by Crippen LogP contribution is -2.50. The molecule has 0 radical (unpaired) electrons. The summed E-state index contributed by atoms with van der Waals surface area (Å²) >= 11 is 0. The number of fused-ring (bicyclic) bond motifs is 1. The molecule has 4 N–H and O–H groups in total. The van der Waals surface area contributed by atoms with E-state index in [9.17, 15) is 14.4 Å². The van der Waals surface area contributed by atoms with Crippen molar-refractivity contribution in [2.45, 2.75) is 56.3 Å². The van der Waals surface area contributed by atoms with E-state index < -0.39 is 17.5 Å². The number of hydrogen-bond donors (Lipinski definition) is 4. The molecule has 2 heterocycles. The van der Waals surface area contributed by atoms with Crippen LogP contribution in [0.25, 0.3) is 0 Å². The highest BCUT2D eigenvalue weighted by Gasteiger charge is 2.46. The molecule has 2 aromatic rings. The highest BCUT2D eigenvalue weighted by molar-refractivity contribution is 6.07. The molecule has 5 rings (SSSR count). The van der Waals surface area contributed by atoms with Gasteiger partial charge in [0.15, 0.2) is 0 Å². The van der Waals surface area contributed by atoms with Crippen molar-refractivity contribution in [3.05, 3.63) is 65.2 Å². The van der Waals surface area contributed by atoms with Crippen LogP contribution in [0.1, 0.15) is 55.3 Å². The zero-order chi connectivity index (χ0) is 22.3. The first-order valence-corrected chi connectivity index (χ1v) is 10.9. The highest BCUT2D eigenvalue weighted by Crippen LogP contribution is 2.48. The number of amides is 5. The zero-order valence-electron chi connectivity index (χ0n) is 17.9. The van der Waals surface area contributed by atoms with E-state index in [1.807, 2.05) is 42.5 Å². The second kappa shape index (κ2) is 7.55. The summed E-state index contributed by atoms with van der Waals surface area (Å²) in [7, 11) is 0. The molecule has 1 saturated carbocycles. The van der Waals surface area contributed by atoms with Crippen LogP contribution < -0.4 is 26.0 Å². The number of nitrogens with one attached hydrogen (secondary N) is 4. The molecule has 2 aromatic carbocycles. The van der Waals surface area contributed by atoms with Gasteiger partial charge in [0.25, 0.3) is 5.91 Å². The molecule has 1 spiro atoms. The Morgan fingerprint density at radius 1 is 1.16 bits per heavy atom. The molecule has 8 heteroatoms. The fraction of sp³-hybridized carbons (Fsp3) is 0.375. The van der Waals surface area contributed by atoms with Crippen molar-refractivity contribution in [2.24, 2.45) is 0 Å². The van der Waals surface area contributed by atoms with Crippen LogP contribution in [0.5, 0.6) is 5.75 Å². The Labute approximate surface area is 186 Å². The third-order valence-electron chi connectivity index (χ3n) is 6.77. The van der Waals surface area contributed by atoms with Crippen LogP contribution in [0, 0.1) is 0 Å². The van der Waals surface area contributed by atoms with Gasteiger partial charge in [-0.1, -0.05) is 42.5 Å². The van der Waals surface area contributed by atoms with Gasteiger partial charge in [-0.2, -0.15) is 0 Å². The monoisotopic (exact) mass is 434 g/mol. The quantitative estimate of drug-likeness (QED) is 0.555. The molecular formula is C24H26N4O4. The van der Waals surface area contributed by atoms with Crippen LogP contribution in [0.15, 0.2) is 48.5 Å². The van der Waals surface area contributed by atoms with E-state index in [1.165, 1.54) is 0 Å². The smallest absolute Gasteiger partial charge is 0.322 e. The Bertz CT molecular complexity index is 1100. The van der Waals surface area contributed by atoms with E-state index in [1.54, 1.807) is 13.0 Å². The summed E-state index contributed by atoms with van der Waals surface area (Å²) in [5.41, 5.74) is 1.19. The van der Waals surface area contributed by atoms with Gasteiger partial charge in [0.1, 0.15) is 16.9 Å². The van der Waals surface area contributed by atoms with Crippen molar-refractivity contribution < 1.29 is 19.1 Å². The minimum Gasteiger partial charge on any atom is -0.487 e. The second-order valence-electron chi connectivity index (χ2n) is 8.99. The molecule has 2 aliphatic heterocycles. The number of carbonyl (C=O) groups excluding carboxylic acids is 3. The summed E-state index contributed by atoms with van der Waals surface area (Å²) in [4.78, 5) is 36.5. The predicted molar refractivity (Wildman–Crippen MR) is 117 cm³/mol. The fourth-order valence-corrected chi connectivity index (χ4v) is 4.75. The number of urea groups is 2. The summed E-state index contributed by atoms with van der Waals surface area (Å²) < 4.78 is 6.25. The number of hydrogen-bond acceptors (Lipinski definition) is 4. The molecule has 3 aliphatic rings. The van der Waals surface area contributed by atoms with Crippen molar-refractivity contribution in [2.75, 3.05) is 0 Å². The Kier molecular flexibility index (Phi) is 4.80. The molecule has 166 valence electrons. The van der Waals surface area contributed by atoms with E-state index in [4.69, 9.17) is 4.74 Å². The molecule has 8 nitrogen and oxygen atoms in total. The number of rotatable bonds is 4. The van der Waals surface area contributed by atoms with E-state index in [0.717, 1.165) is 42.6 Å². The summed E-state index contributed by atoms with van der Waals surface area (Å²) in [5, 5.41) is 10.9. The second-order valence-corrected chi connectivity index (χ2v) is 8.99. The normalized spacial score (nSPS) is 25.1. The third-order valence-corrected chi connectivity index (χ3v) is 6.77. The van der Waals surface area contributed by atoms with Gasteiger partial charge in [-0.15, -0.1) is 0 Å². The molecule has 2 unspecified atom stereocenters. The lowest BCUT2D eigenvalue weighted by molar-refractivity contribution is -0.123. The maximum atomic E-state index is 12.7. The standard InChI is InChI=1S/C24H26N4O4/c1-23(20(29)27-22(31)28-23)16-7-4-6-15(12-16)14-25-21(30)26-18-13-24(10-5-11-24)32-19-9-3-2-8-17(18)19/h2-4,6-9,12,18H,5,10-11,13-14H2,1H3,(H2,25,26,30)(H2,27,28,29,31). The molecule has 5 amide bonds. The SMILES string of the molecule is CC1(c2cccc(CNC(=O)NC3CC4(CCC4)Oc4ccccc43)c2)NC(=O)NC1=O. The number of imide groups is 1. The molecule has 0 aromatic heterocycles. The van der Waals surface area contributed by atoms with Crippen LogP contribution in [0.3, 0.4) is 0 Å². The Balaban J connectivity index is 1.25. The van der Waals surface area contributed by atoms with Gasteiger partial charge in [-0.3, -0.25) is 10.1 Å². The lowest BCUT2D eigenvalue weighted by atomic mass is 9.73. The van der Waals surface area contributed by atoms with E-state index >= 15 is 0 Å². The minimum absolute atomic E-state index is 0.108. The van der Waals surface area contributed by atoms with Crippen molar-refractivity contribution in [3.63, 3.8) is 0 Å². The topological polar surface area (TPSA) is 109 Å². The van der Waals surface area contributed by atoms with Crippen LogP contribution in [0.2, 0.25) is 0 Å². The average Bonchev–Trinajstić information content (AvgIpc) is 3.03. The Morgan fingerprint density at radius 3 is 2.69 bits per heavy atom. The molecule has 0 bridgehead atoms. The van der Waals surface area contributed by atoms with Gasteiger partial charge in [0.05, 0.1) is 6.04 Å². The first-order valence-electron chi connectivity index (χ1n) is 10.9. The summed E-state index contributed by atoms with van der Waals surface area (Å²) in [6.45, 7) is 1.95. The highest BCUT2D eigenvalue weighted by atomic mass is 16.5. The van der Waals surface area contributed by atoms with Gasteiger partial charge in [0, 0.05) is 18.5 Å². The largest absolute Gasteiger partial charge is 0.487 e. The van der Waals surface area contributed by atoms with E-state index in [2.05, 4.69) is 21.3 Å². The molecule has 1 aliphatic carbocycles. The van der Waals surface area contributed by atoms with Crippen molar-refractivity contribution >= 4 is 18.0 Å². The molecule has 2 atom stereocenters. The zero-order valence-corrected chi connectivity index (χ0v) is 17.9. The van der Waals surface area contributed by atoms with Crippen LogP contribution >= 0.6 is 0 Å². The minimum atomic E-state index is -1.13. The number of para-hydroxylation sites is 1. The predicted octanol–water partition coefficient (Wildman–Crippen LogP) is 2.99. The maximum Gasteiger partial charge on any atom is 0.322 e. The first-order chi connectivity index (χ1) is 15.4. The van der Waals surface area contributed by atoms with Gasteiger partial charge in [-0.05, 0) is 43.4 Å². The van der Waals surface area contributed by atoms with E-state index in [0.29, 0.717) is 12.1 Å². The number of benzene rings is 2. The summed E-state index contributed by atoms with van der Waals surface area (Å²) in [6.07, 6.45) is 3.93. The van der Waals surface area contributed by atoms with Crippen LogP contribution in [0.4, 0.5) is 9.59 Å². The Hall–Kier alpha value is -3.55. The van der Waals surface area contributed by atoms with Gasteiger partial charge in [0.2, 0.25) is 0 Å². The van der Waals surface area contributed by atoms with Gasteiger partial charge < -0.3 is 20.7 Å². The van der Waals surface area contributed by atoms with Gasteiger partial charge in [-0.25, -0.2) is 9.59 Å². The average molecular weight is 434 g/mol. The van der Waals surface area contributed by atoms with E-state index in [-0.39, 0.29) is 17.7 Å².